The number of rotatable bonds is 6. The van der Waals surface area contributed by atoms with Crippen molar-refractivity contribution in [1.82, 2.24) is 5.32 Å². The molecule has 2 N–H and O–H groups in total. The van der Waals surface area contributed by atoms with Crippen LogP contribution >= 0.6 is 0 Å². The first-order valence-corrected chi connectivity index (χ1v) is 6.59. The van der Waals surface area contributed by atoms with Gasteiger partial charge in [0, 0.05) is 6.42 Å². The number of alkyl carbamates (subject to hydrolysis) is 1. The Morgan fingerprint density at radius 3 is 2.70 bits per heavy atom. The van der Waals surface area contributed by atoms with E-state index >= 15 is 0 Å². The summed E-state index contributed by atoms with van der Waals surface area (Å²) in [5.41, 5.74) is 0.908. The van der Waals surface area contributed by atoms with Crippen LogP contribution in [0.1, 0.15) is 12.0 Å². The van der Waals surface area contributed by atoms with Crippen molar-refractivity contribution in [1.29, 1.82) is 0 Å². The van der Waals surface area contributed by atoms with E-state index in [2.05, 4.69) is 5.32 Å². The van der Waals surface area contributed by atoms with Crippen molar-refractivity contribution in [2.24, 2.45) is 0 Å². The molecule has 0 saturated carbocycles. The number of amides is 1. The lowest BCUT2D eigenvalue weighted by molar-refractivity contribution is -0.0556. The lowest BCUT2D eigenvalue weighted by Crippen LogP contribution is -2.40. The van der Waals surface area contributed by atoms with Gasteiger partial charge in [-0.05, 0) is 5.56 Å². The summed E-state index contributed by atoms with van der Waals surface area (Å²) in [7, 11) is 0. The minimum atomic E-state index is -0.564. The molecule has 0 aliphatic carbocycles. The molecule has 1 unspecified atom stereocenters. The van der Waals surface area contributed by atoms with Crippen LogP contribution < -0.4 is 5.32 Å². The van der Waals surface area contributed by atoms with Gasteiger partial charge in [0.2, 0.25) is 0 Å². The average Bonchev–Trinajstić information content (AvgIpc) is 2.98. The Kier molecular flexibility index (Phi) is 5.79. The minimum absolute atomic E-state index is 0.191. The van der Waals surface area contributed by atoms with Gasteiger partial charge >= 0.3 is 6.09 Å². The van der Waals surface area contributed by atoms with Gasteiger partial charge in [0.1, 0.15) is 6.61 Å². The normalized spacial score (nSPS) is 16.9. The van der Waals surface area contributed by atoms with Gasteiger partial charge in [-0.3, -0.25) is 0 Å². The van der Waals surface area contributed by atoms with E-state index in [-0.39, 0.29) is 19.5 Å². The molecule has 0 bridgehead atoms. The third-order valence-corrected chi connectivity index (χ3v) is 2.92. The average molecular weight is 281 g/mol. The first-order chi connectivity index (χ1) is 9.78. The molecule has 6 heteroatoms. The highest BCUT2D eigenvalue weighted by Gasteiger charge is 2.22. The summed E-state index contributed by atoms with van der Waals surface area (Å²) in [6.07, 6.45) is -0.538. The number of aliphatic hydroxyl groups excluding tert-OH is 1. The molecule has 1 amide bonds. The monoisotopic (exact) mass is 281 g/mol. The number of hydrogen-bond donors (Lipinski definition) is 2. The summed E-state index contributed by atoms with van der Waals surface area (Å²) in [6, 6.07) is 8.95. The Bertz CT molecular complexity index is 405. The highest BCUT2D eigenvalue weighted by atomic mass is 16.7. The Morgan fingerprint density at radius 2 is 2.05 bits per heavy atom. The summed E-state index contributed by atoms with van der Waals surface area (Å²) in [6.45, 7) is 1.09. The smallest absolute Gasteiger partial charge is 0.407 e. The topological polar surface area (TPSA) is 77.0 Å². The van der Waals surface area contributed by atoms with Gasteiger partial charge < -0.3 is 24.6 Å². The maximum atomic E-state index is 11.6. The van der Waals surface area contributed by atoms with Gasteiger partial charge in [-0.1, -0.05) is 30.3 Å². The van der Waals surface area contributed by atoms with Crippen molar-refractivity contribution in [3.8, 4) is 0 Å². The van der Waals surface area contributed by atoms with E-state index in [1.54, 1.807) is 0 Å². The zero-order valence-electron chi connectivity index (χ0n) is 11.2. The number of aliphatic hydroxyl groups is 1. The maximum absolute atomic E-state index is 11.6. The molecule has 0 radical (unpaired) electrons. The summed E-state index contributed by atoms with van der Waals surface area (Å²) in [5.74, 6) is 0. The molecule has 110 valence electrons. The van der Waals surface area contributed by atoms with E-state index in [1.165, 1.54) is 0 Å². The molecule has 1 aromatic rings. The van der Waals surface area contributed by atoms with Crippen LogP contribution in [-0.2, 0) is 20.8 Å². The Hall–Kier alpha value is -1.63. The fourth-order valence-corrected chi connectivity index (χ4v) is 1.89. The molecule has 2 rings (SSSR count). The maximum Gasteiger partial charge on any atom is 0.407 e. The van der Waals surface area contributed by atoms with E-state index in [4.69, 9.17) is 14.2 Å². The SMILES string of the molecule is O=C(NC(CO)CC1OCCO1)OCc1ccccc1. The Morgan fingerprint density at radius 1 is 1.35 bits per heavy atom. The molecule has 1 fully saturated rings. The predicted molar refractivity (Wildman–Crippen MR) is 70.9 cm³/mol. The number of ether oxygens (including phenoxy) is 3. The fourth-order valence-electron chi connectivity index (χ4n) is 1.89. The van der Waals surface area contributed by atoms with Gasteiger partial charge in [-0.2, -0.15) is 0 Å². The van der Waals surface area contributed by atoms with Crippen molar-refractivity contribution in [3.63, 3.8) is 0 Å². The quantitative estimate of drug-likeness (QED) is 0.814. The van der Waals surface area contributed by atoms with Crippen LogP contribution in [0.4, 0.5) is 4.79 Å². The van der Waals surface area contributed by atoms with Gasteiger partial charge in [-0.15, -0.1) is 0 Å². The first kappa shape index (κ1) is 14.8. The van der Waals surface area contributed by atoms with Crippen molar-refractivity contribution in [2.45, 2.75) is 25.4 Å². The molecule has 0 spiro atoms. The second-order valence-corrected chi connectivity index (χ2v) is 4.49. The largest absolute Gasteiger partial charge is 0.445 e. The lowest BCUT2D eigenvalue weighted by atomic mass is 10.2. The van der Waals surface area contributed by atoms with Crippen LogP contribution in [0.15, 0.2) is 30.3 Å². The number of carbonyl (C=O) groups is 1. The van der Waals surface area contributed by atoms with Crippen molar-refractivity contribution in [2.75, 3.05) is 19.8 Å². The van der Waals surface area contributed by atoms with Crippen LogP contribution in [0, 0.1) is 0 Å². The molecule has 1 aliphatic rings. The molecule has 1 aliphatic heterocycles. The van der Waals surface area contributed by atoms with E-state index in [1.807, 2.05) is 30.3 Å². The van der Waals surface area contributed by atoms with E-state index in [0.717, 1.165) is 5.56 Å². The fraction of sp³-hybridized carbons (Fsp3) is 0.500. The third kappa shape index (κ3) is 4.80. The van der Waals surface area contributed by atoms with E-state index in [9.17, 15) is 9.90 Å². The number of carbonyl (C=O) groups excluding carboxylic acids is 1. The molecule has 1 heterocycles. The lowest BCUT2D eigenvalue weighted by Gasteiger charge is -2.19. The highest BCUT2D eigenvalue weighted by molar-refractivity contribution is 5.67. The predicted octanol–water partition coefficient (Wildman–Crippen LogP) is 1.04. The highest BCUT2D eigenvalue weighted by Crippen LogP contribution is 2.10. The molecule has 6 nitrogen and oxygen atoms in total. The van der Waals surface area contributed by atoms with Crippen LogP contribution in [-0.4, -0.2) is 43.4 Å². The number of hydrogen-bond acceptors (Lipinski definition) is 5. The summed E-state index contributed by atoms with van der Waals surface area (Å²) >= 11 is 0. The molecule has 20 heavy (non-hydrogen) atoms. The molecular formula is C14H19NO5. The van der Waals surface area contributed by atoms with E-state index < -0.39 is 12.1 Å². The van der Waals surface area contributed by atoms with Crippen molar-refractivity contribution < 1.29 is 24.1 Å². The van der Waals surface area contributed by atoms with Crippen molar-refractivity contribution >= 4 is 6.09 Å². The Labute approximate surface area is 117 Å². The molecule has 1 saturated heterocycles. The van der Waals surface area contributed by atoms with Gasteiger partial charge in [-0.25, -0.2) is 4.79 Å². The molecule has 1 aromatic carbocycles. The van der Waals surface area contributed by atoms with Crippen LogP contribution in [0.2, 0.25) is 0 Å². The summed E-state index contributed by atoms with van der Waals surface area (Å²) < 4.78 is 15.6. The second-order valence-electron chi connectivity index (χ2n) is 4.49. The van der Waals surface area contributed by atoms with Gasteiger partial charge in [0.15, 0.2) is 6.29 Å². The molecular weight excluding hydrogens is 262 g/mol. The van der Waals surface area contributed by atoms with Gasteiger partial charge in [0.05, 0.1) is 25.9 Å². The van der Waals surface area contributed by atoms with Crippen LogP contribution in [0.5, 0.6) is 0 Å². The molecule has 0 aromatic heterocycles. The van der Waals surface area contributed by atoms with Gasteiger partial charge in [0.25, 0.3) is 0 Å². The zero-order chi connectivity index (χ0) is 14.2. The summed E-state index contributed by atoms with van der Waals surface area (Å²) in [4.78, 5) is 11.6. The Balaban J connectivity index is 1.71. The molecule has 1 atom stereocenters. The first-order valence-electron chi connectivity index (χ1n) is 6.59. The van der Waals surface area contributed by atoms with E-state index in [0.29, 0.717) is 19.6 Å². The van der Waals surface area contributed by atoms with Crippen LogP contribution in [0.25, 0.3) is 0 Å². The zero-order valence-corrected chi connectivity index (χ0v) is 11.2. The standard InChI is InChI=1S/C14H19NO5/c16-9-12(8-13-18-6-7-19-13)15-14(17)20-10-11-4-2-1-3-5-11/h1-5,12-13,16H,6-10H2,(H,15,17). The minimum Gasteiger partial charge on any atom is -0.445 e. The number of nitrogens with one attached hydrogen (secondary N) is 1. The van der Waals surface area contributed by atoms with Crippen molar-refractivity contribution in [3.05, 3.63) is 35.9 Å². The third-order valence-electron chi connectivity index (χ3n) is 2.92. The second kappa shape index (κ2) is 7.84. The summed E-state index contributed by atoms with van der Waals surface area (Å²) in [5, 5.41) is 11.8. The number of benzene rings is 1. The van der Waals surface area contributed by atoms with Crippen LogP contribution in [0.3, 0.4) is 0 Å².